The van der Waals surface area contributed by atoms with E-state index in [9.17, 15) is 9.90 Å². The molecule has 2 bridgehead atoms. The Morgan fingerprint density at radius 1 is 1.21 bits per heavy atom. The minimum absolute atomic E-state index is 0.0875. The van der Waals surface area contributed by atoms with E-state index >= 15 is 0 Å². The van der Waals surface area contributed by atoms with Crippen molar-refractivity contribution >= 4 is 11.9 Å². The lowest BCUT2D eigenvalue weighted by molar-refractivity contribution is -0.133. The molecule has 4 rings (SSSR count). The van der Waals surface area contributed by atoms with E-state index in [1.807, 2.05) is 24.3 Å². The first kappa shape index (κ1) is 12.2. The lowest BCUT2D eigenvalue weighted by atomic mass is 9.48. The summed E-state index contributed by atoms with van der Waals surface area (Å²) in [5, 5.41) is 9.73. The van der Waals surface area contributed by atoms with E-state index in [1.54, 1.807) is 18.2 Å². The third-order valence-electron chi connectivity index (χ3n) is 4.71. The molecule has 1 fully saturated rings. The number of fused-ring (bicyclic) bond motifs is 1. The highest BCUT2D eigenvalue weighted by Crippen LogP contribution is 2.58. The number of phenolic OH excluding ortho intramolecular Hbond substituents is 1. The molecule has 3 aliphatic carbocycles. The molecule has 0 radical (unpaired) electrons. The van der Waals surface area contributed by atoms with Crippen molar-refractivity contribution < 1.29 is 9.90 Å². The van der Waals surface area contributed by atoms with Gasteiger partial charge in [-0.1, -0.05) is 44.2 Å². The summed E-state index contributed by atoms with van der Waals surface area (Å²) in [7, 11) is 0. The molecular formula is C17H18O2. The maximum atomic E-state index is 12.0. The second-order valence-corrected chi connectivity index (χ2v) is 6.10. The van der Waals surface area contributed by atoms with Crippen LogP contribution in [0, 0.1) is 17.3 Å². The molecule has 2 heteroatoms. The fourth-order valence-electron chi connectivity index (χ4n) is 3.32. The largest absolute Gasteiger partial charge is 0.507 e. The number of ketones is 1. The maximum absolute atomic E-state index is 12.0. The molecule has 1 aromatic carbocycles. The lowest BCUT2D eigenvalue weighted by Crippen LogP contribution is -2.52. The molecule has 0 spiro atoms. The van der Waals surface area contributed by atoms with Crippen LogP contribution in [0.25, 0.3) is 6.08 Å². The standard InChI is InChI=1S/C17H18O2/c1-17(2)13-10-14(17)16(19)9-12(13)8-7-11-5-3-4-6-15(11)18/h3-9,13-14,18H,10H2,1-2H3/b8-7+/t13-,14+/m1/s1. The van der Waals surface area contributed by atoms with Gasteiger partial charge in [0.2, 0.25) is 0 Å². The minimum atomic E-state index is 0.0875. The smallest absolute Gasteiger partial charge is 0.159 e. The van der Waals surface area contributed by atoms with Crippen molar-refractivity contribution in [2.75, 3.05) is 0 Å². The normalized spacial score (nSPS) is 28.1. The van der Waals surface area contributed by atoms with E-state index in [4.69, 9.17) is 0 Å². The second kappa shape index (κ2) is 4.09. The molecule has 1 saturated carbocycles. The number of aromatic hydroxyl groups is 1. The number of hydrogen-bond donors (Lipinski definition) is 1. The molecular weight excluding hydrogens is 236 g/mol. The molecule has 0 aromatic heterocycles. The first-order chi connectivity index (χ1) is 9.00. The number of carbonyl (C=O) groups is 1. The summed E-state index contributed by atoms with van der Waals surface area (Å²) in [4.78, 5) is 12.0. The molecule has 0 heterocycles. The zero-order valence-electron chi connectivity index (χ0n) is 11.3. The topological polar surface area (TPSA) is 37.3 Å². The first-order valence-corrected chi connectivity index (χ1v) is 6.71. The molecule has 98 valence electrons. The van der Waals surface area contributed by atoms with Gasteiger partial charge in [-0.15, -0.1) is 0 Å². The third-order valence-corrected chi connectivity index (χ3v) is 4.71. The monoisotopic (exact) mass is 254 g/mol. The molecule has 2 nitrogen and oxygen atoms in total. The van der Waals surface area contributed by atoms with Crippen LogP contribution >= 0.6 is 0 Å². The highest BCUT2D eigenvalue weighted by molar-refractivity contribution is 5.96. The van der Waals surface area contributed by atoms with Gasteiger partial charge in [0.1, 0.15) is 5.75 Å². The molecule has 0 unspecified atom stereocenters. The van der Waals surface area contributed by atoms with E-state index in [-0.39, 0.29) is 22.9 Å². The van der Waals surface area contributed by atoms with E-state index in [0.717, 1.165) is 17.6 Å². The van der Waals surface area contributed by atoms with Crippen LogP contribution in [0.1, 0.15) is 25.8 Å². The second-order valence-electron chi connectivity index (χ2n) is 6.10. The highest BCUT2D eigenvalue weighted by Gasteiger charge is 2.54. The molecule has 0 saturated heterocycles. The third kappa shape index (κ3) is 1.83. The van der Waals surface area contributed by atoms with Crippen LogP contribution in [0.15, 0.2) is 42.0 Å². The Bertz CT molecular complexity index is 593. The number of para-hydroxylation sites is 1. The van der Waals surface area contributed by atoms with Gasteiger partial charge in [-0.25, -0.2) is 0 Å². The Labute approximate surface area is 113 Å². The predicted molar refractivity (Wildman–Crippen MR) is 75.6 cm³/mol. The quantitative estimate of drug-likeness (QED) is 0.876. The fraction of sp³-hybridized carbons (Fsp3) is 0.353. The van der Waals surface area contributed by atoms with Gasteiger partial charge in [-0.05, 0) is 35.5 Å². The van der Waals surface area contributed by atoms with Crippen LogP contribution in [0.2, 0.25) is 0 Å². The fourth-order valence-corrected chi connectivity index (χ4v) is 3.32. The average Bonchev–Trinajstić information content (AvgIpc) is 2.36. The molecule has 3 aliphatic rings. The number of carbonyl (C=O) groups excluding carboxylic acids is 1. The Morgan fingerprint density at radius 2 is 1.95 bits per heavy atom. The zero-order valence-corrected chi connectivity index (χ0v) is 11.3. The first-order valence-electron chi connectivity index (χ1n) is 6.71. The number of allylic oxidation sites excluding steroid dienone is 3. The van der Waals surface area contributed by atoms with E-state index in [0.29, 0.717) is 5.92 Å². The zero-order chi connectivity index (χ0) is 13.6. The molecule has 2 atom stereocenters. The molecule has 1 aromatic rings. The summed E-state index contributed by atoms with van der Waals surface area (Å²) >= 11 is 0. The van der Waals surface area contributed by atoms with Crippen molar-refractivity contribution in [2.24, 2.45) is 17.3 Å². The predicted octanol–water partition coefficient (Wildman–Crippen LogP) is 3.58. The van der Waals surface area contributed by atoms with Crippen LogP contribution in [0.3, 0.4) is 0 Å². The summed E-state index contributed by atoms with van der Waals surface area (Å²) < 4.78 is 0. The molecule has 0 aliphatic heterocycles. The van der Waals surface area contributed by atoms with Gasteiger partial charge in [-0.2, -0.15) is 0 Å². The maximum Gasteiger partial charge on any atom is 0.159 e. The van der Waals surface area contributed by atoms with Crippen LogP contribution in [-0.2, 0) is 4.79 Å². The Balaban J connectivity index is 1.89. The number of hydrogen-bond acceptors (Lipinski definition) is 2. The van der Waals surface area contributed by atoms with Gasteiger partial charge >= 0.3 is 0 Å². The summed E-state index contributed by atoms with van der Waals surface area (Å²) in [6.07, 6.45) is 6.63. The Morgan fingerprint density at radius 3 is 2.58 bits per heavy atom. The lowest BCUT2D eigenvalue weighted by Gasteiger charge is -2.54. The molecule has 0 amide bonds. The van der Waals surface area contributed by atoms with Gasteiger partial charge in [0.05, 0.1) is 0 Å². The van der Waals surface area contributed by atoms with E-state index < -0.39 is 0 Å². The van der Waals surface area contributed by atoms with Crippen LogP contribution in [-0.4, -0.2) is 10.9 Å². The Hall–Kier alpha value is -1.83. The van der Waals surface area contributed by atoms with Gasteiger partial charge in [0.15, 0.2) is 5.78 Å². The summed E-state index contributed by atoms with van der Waals surface area (Å²) in [6, 6.07) is 7.23. The summed E-state index contributed by atoms with van der Waals surface area (Å²) in [6.45, 7) is 4.34. The highest BCUT2D eigenvalue weighted by atomic mass is 16.3. The van der Waals surface area contributed by atoms with Crippen LogP contribution in [0.5, 0.6) is 5.75 Å². The number of benzene rings is 1. The van der Waals surface area contributed by atoms with Crippen LogP contribution < -0.4 is 0 Å². The van der Waals surface area contributed by atoms with Gasteiger partial charge in [-0.3, -0.25) is 4.79 Å². The van der Waals surface area contributed by atoms with Crippen molar-refractivity contribution in [3.63, 3.8) is 0 Å². The van der Waals surface area contributed by atoms with Gasteiger partial charge in [0.25, 0.3) is 0 Å². The van der Waals surface area contributed by atoms with Crippen LogP contribution in [0.4, 0.5) is 0 Å². The number of phenols is 1. The Kier molecular flexibility index (Phi) is 2.63. The minimum Gasteiger partial charge on any atom is -0.507 e. The van der Waals surface area contributed by atoms with Gasteiger partial charge in [0, 0.05) is 11.5 Å². The summed E-state index contributed by atoms with van der Waals surface area (Å²) in [5.41, 5.74) is 1.97. The van der Waals surface area contributed by atoms with E-state index in [1.165, 1.54) is 0 Å². The van der Waals surface area contributed by atoms with Crippen molar-refractivity contribution in [2.45, 2.75) is 20.3 Å². The number of rotatable bonds is 2. The SMILES string of the molecule is CC1(C)[C@@H]2C[C@H]1C(=O)C=C2/C=C/c1ccccc1O. The summed E-state index contributed by atoms with van der Waals surface area (Å²) in [5.74, 6) is 1.20. The van der Waals surface area contributed by atoms with Crippen molar-refractivity contribution in [1.82, 2.24) is 0 Å². The van der Waals surface area contributed by atoms with Crippen molar-refractivity contribution in [3.05, 3.63) is 47.6 Å². The van der Waals surface area contributed by atoms with Crippen molar-refractivity contribution in [1.29, 1.82) is 0 Å². The van der Waals surface area contributed by atoms with Crippen molar-refractivity contribution in [3.8, 4) is 5.75 Å². The van der Waals surface area contributed by atoms with Gasteiger partial charge < -0.3 is 5.11 Å². The molecule has 1 N–H and O–H groups in total. The molecule has 19 heavy (non-hydrogen) atoms. The average molecular weight is 254 g/mol. The van der Waals surface area contributed by atoms with E-state index in [2.05, 4.69) is 13.8 Å².